The number of ether oxygens (including phenoxy) is 1. The molecule has 2 atom stereocenters. The maximum absolute atomic E-state index is 6.14. The van der Waals surface area contributed by atoms with E-state index in [9.17, 15) is 0 Å². The van der Waals surface area contributed by atoms with E-state index in [0.29, 0.717) is 5.92 Å². The molecule has 1 heterocycles. The molecule has 0 spiro atoms. The van der Waals surface area contributed by atoms with Crippen LogP contribution in [0.5, 0.6) is 0 Å². The van der Waals surface area contributed by atoms with E-state index in [-0.39, 0.29) is 12.1 Å². The standard InChI is InChI=1S/C13H22BrNOS/c1-4-11(15)13(16-6-5-9(2)3)12-7-10(14)8-17-12/h7-9,11,13H,4-6,15H2,1-3H3. The molecule has 1 aromatic heterocycles. The minimum atomic E-state index is 0.0371. The highest BCUT2D eigenvalue weighted by Gasteiger charge is 2.20. The molecule has 0 aromatic carbocycles. The van der Waals surface area contributed by atoms with Crippen LogP contribution in [0.2, 0.25) is 0 Å². The lowest BCUT2D eigenvalue weighted by molar-refractivity contribution is 0.0298. The van der Waals surface area contributed by atoms with Gasteiger partial charge in [-0.1, -0.05) is 20.8 Å². The highest BCUT2D eigenvalue weighted by atomic mass is 79.9. The van der Waals surface area contributed by atoms with Crippen LogP contribution in [0.15, 0.2) is 15.9 Å². The molecule has 0 amide bonds. The van der Waals surface area contributed by atoms with Gasteiger partial charge in [0.1, 0.15) is 6.10 Å². The van der Waals surface area contributed by atoms with Crippen LogP contribution >= 0.6 is 27.3 Å². The average Bonchev–Trinajstić information content (AvgIpc) is 2.69. The second kappa shape index (κ2) is 7.52. The number of hydrogen-bond donors (Lipinski definition) is 1. The van der Waals surface area contributed by atoms with Gasteiger partial charge >= 0.3 is 0 Å². The molecule has 2 unspecified atom stereocenters. The van der Waals surface area contributed by atoms with Crippen molar-refractivity contribution in [3.63, 3.8) is 0 Å². The molecule has 0 saturated carbocycles. The first kappa shape index (κ1) is 15.2. The lowest BCUT2D eigenvalue weighted by atomic mass is 10.1. The SMILES string of the molecule is CCC(N)C(OCCC(C)C)c1cc(Br)cs1. The molecule has 17 heavy (non-hydrogen) atoms. The van der Waals surface area contributed by atoms with Crippen LogP contribution in [-0.2, 0) is 4.74 Å². The summed E-state index contributed by atoms with van der Waals surface area (Å²) in [6.45, 7) is 7.30. The van der Waals surface area contributed by atoms with E-state index in [1.807, 2.05) is 0 Å². The maximum Gasteiger partial charge on any atom is 0.107 e. The summed E-state index contributed by atoms with van der Waals surface area (Å²) in [6, 6.07) is 2.19. The Hall–Kier alpha value is 0.1000. The summed E-state index contributed by atoms with van der Waals surface area (Å²) in [5, 5.41) is 2.08. The first-order valence-corrected chi connectivity index (χ1v) is 7.83. The van der Waals surface area contributed by atoms with Crippen molar-refractivity contribution >= 4 is 27.3 Å². The first-order valence-electron chi connectivity index (χ1n) is 6.15. The van der Waals surface area contributed by atoms with Crippen molar-refractivity contribution < 1.29 is 4.74 Å². The van der Waals surface area contributed by atoms with Gasteiger partial charge in [0.25, 0.3) is 0 Å². The zero-order valence-electron chi connectivity index (χ0n) is 10.8. The summed E-state index contributed by atoms with van der Waals surface area (Å²) in [7, 11) is 0. The Morgan fingerprint density at radius 1 is 1.47 bits per heavy atom. The van der Waals surface area contributed by atoms with E-state index in [4.69, 9.17) is 10.5 Å². The highest BCUT2D eigenvalue weighted by Crippen LogP contribution is 2.30. The fourth-order valence-corrected chi connectivity index (χ4v) is 3.11. The quantitative estimate of drug-likeness (QED) is 0.810. The van der Waals surface area contributed by atoms with E-state index in [1.165, 1.54) is 4.88 Å². The molecule has 98 valence electrons. The smallest absolute Gasteiger partial charge is 0.107 e. The second-order valence-corrected chi connectivity index (χ2v) is 6.57. The van der Waals surface area contributed by atoms with E-state index < -0.39 is 0 Å². The predicted molar refractivity (Wildman–Crippen MR) is 78.4 cm³/mol. The van der Waals surface area contributed by atoms with Crippen molar-refractivity contribution in [2.45, 2.75) is 45.8 Å². The van der Waals surface area contributed by atoms with Crippen molar-refractivity contribution in [2.24, 2.45) is 11.7 Å². The molecule has 1 rings (SSSR count). The fourth-order valence-electron chi connectivity index (χ4n) is 1.54. The molecule has 2 nitrogen and oxygen atoms in total. The number of nitrogens with two attached hydrogens (primary N) is 1. The number of hydrogen-bond acceptors (Lipinski definition) is 3. The minimum Gasteiger partial charge on any atom is -0.371 e. The molecule has 1 aromatic rings. The van der Waals surface area contributed by atoms with Gasteiger partial charge in [0.2, 0.25) is 0 Å². The lowest BCUT2D eigenvalue weighted by Crippen LogP contribution is -2.29. The zero-order valence-corrected chi connectivity index (χ0v) is 13.2. The van der Waals surface area contributed by atoms with E-state index >= 15 is 0 Å². The van der Waals surface area contributed by atoms with Crippen LogP contribution in [0.3, 0.4) is 0 Å². The molecule has 0 radical (unpaired) electrons. The molecule has 0 aliphatic carbocycles. The van der Waals surface area contributed by atoms with Crippen LogP contribution in [0.4, 0.5) is 0 Å². The Balaban J connectivity index is 2.61. The maximum atomic E-state index is 6.14. The zero-order chi connectivity index (χ0) is 12.8. The molecular formula is C13H22BrNOS. The van der Waals surface area contributed by atoms with Crippen LogP contribution in [-0.4, -0.2) is 12.6 Å². The van der Waals surface area contributed by atoms with Gasteiger partial charge in [-0.15, -0.1) is 11.3 Å². The Labute approximate surface area is 117 Å². The molecule has 0 saturated heterocycles. The largest absolute Gasteiger partial charge is 0.371 e. The van der Waals surface area contributed by atoms with Crippen molar-refractivity contribution in [3.05, 3.63) is 20.8 Å². The molecular weight excluding hydrogens is 298 g/mol. The van der Waals surface area contributed by atoms with E-state index in [2.05, 4.69) is 48.1 Å². The monoisotopic (exact) mass is 319 g/mol. The Kier molecular flexibility index (Phi) is 6.70. The normalized spacial score (nSPS) is 15.2. The van der Waals surface area contributed by atoms with Gasteiger partial charge in [-0.3, -0.25) is 0 Å². The van der Waals surface area contributed by atoms with Crippen molar-refractivity contribution in [1.82, 2.24) is 0 Å². The summed E-state index contributed by atoms with van der Waals surface area (Å²) in [6.07, 6.45) is 2.05. The Morgan fingerprint density at radius 3 is 2.65 bits per heavy atom. The third kappa shape index (κ3) is 5.08. The van der Waals surface area contributed by atoms with E-state index in [0.717, 1.165) is 23.9 Å². The molecule has 4 heteroatoms. The van der Waals surface area contributed by atoms with Gasteiger partial charge in [-0.05, 0) is 40.8 Å². The lowest BCUT2D eigenvalue weighted by Gasteiger charge is -2.22. The molecule has 0 aliphatic rings. The van der Waals surface area contributed by atoms with Crippen LogP contribution < -0.4 is 5.73 Å². The van der Waals surface area contributed by atoms with E-state index in [1.54, 1.807) is 11.3 Å². The summed E-state index contributed by atoms with van der Waals surface area (Å²) >= 11 is 5.19. The topological polar surface area (TPSA) is 35.2 Å². The molecule has 0 fully saturated rings. The van der Waals surface area contributed by atoms with Gasteiger partial charge in [-0.25, -0.2) is 0 Å². The molecule has 2 N–H and O–H groups in total. The van der Waals surface area contributed by atoms with Crippen molar-refractivity contribution in [3.8, 4) is 0 Å². The van der Waals surface area contributed by atoms with Crippen LogP contribution in [0.1, 0.15) is 44.6 Å². The number of halogens is 1. The second-order valence-electron chi connectivity index (χ2n) is 4.71. The molecule has 0 bridgehead atoms. The Bertz CT molecular complexity index is 327. The summed E-state index contributed by atoms with van der Waals surface area (Å²) in [4.78, 5) is 1.22. The van der Waals surface area contributed by atoms with Crippen LogP contribution in [0, 0.1) is 5.92 Å². The van der Waals surface area contributed by atoms with Gasteiger partial charge in [0.05, 0.1) is 0 Å². The minimum absolute atomic E-state index is 0.0371. The van der Waals surface area contributed by atoms with Gasteiger partial charge in [0.15, 0.2) is 0 Å². The van der Waals surface area contributed by atoms with Gasteiger partial charge < -0.3 is 10.5 Å². The summed E-state index contributed by atoms with van der Waals surface area (Å²) in [5.74, 6) is 0.670. The summed E-state index contributed by atoms with van der Waals surface area (Å²) in [5.41, 5.74) is 6.14. The number of thiophene rings is 1. The van der Waals surface area contributed by atoms with Gasteiger partial charge in [-0.2, -0.15) is 0 Å². The fraction of sp³-hybridized carbons (Fsp3) is 0.692. The predicted octanol–water partition coefficient (Wildman–Crippen LogP) is 4.35. The highest BCUT2D eigenvalue weighted by molar-refractivity contribution is 9.10. The Morgan fingerprint density at radius 2 is 2.18 bits per heavy atom. The van der Waals surface area contributed by atoms with Gasteiger partial charge in [0, 0.05) is 27.4 Å². The first-order chi connectivity index (χ1) is 8.04. The third-order valence-electron chi connectivity index (χ3n) is 2.72. The average molecular weight is 320 g/mol. The van der Waals surface area contributed by atoms with Crippen molar-refractivity contribution in [2.75, 3.05) is 6.61 Å². The van der Waals surface area contributed by atoms with Crippen molar-refractivity contribution in [1.29, 1.82) is 0 Å². The summed E-state index contributed by atoms with van der Waals surface area (Å²) < 4.78 is 7.08. The number of rotatable bonds is 7. The van der Waals surface area contributed by atoms with Crippen LogP contribution in [0.25, 0.3) is 0 Å². The molecule has 0 aliphatic heterocycles. The third-order valence-corrected chi connectivity index (χ3v) is 4.48.